The summed E-state index contributed by atoms with van der Waals surface area (Å²) in [5.74, 6) is 0. The molecule has 1 aliphatic heterocycles. The first kappa shape index (κ1) is 11.7. The van der Waals surface area contributed by atoms with E-state index in [4.69, 9.17) is 0 Å². The fourth-order valence-electron chi connectivity index (χ4n) is 2.05. The Morgan fingerprint density at radius 2 is 2.24 bits per heavy atom. The number of anilines is 1. The summed E-state index contributed by atoms with van der Waals surface area (Å²) in [6.45, 7) is 2.33. The van der Waals surface area contributed by atoms with Crippen molar-refractivity contribution in [2.24, 2.45) is 0 Å². The van der Waals surface area contributed by atoms with Gasteiger partial charge in [-0.3, -0.25) is 0 Å². The summed E-state index contributed by atoms with van der Waals surface area (Å²) in [6.07, 6.45) is 4.23. The molecule has 0 aromatic carbocycles. The standard InChI is InChI=1S/C10H14IN5S/c1-15-4-2-7(3-5-15)13-9-14-16-8(11)6-12-10(16)17-9/h6-7H,2-5H2,1H3,(H,13,14). The Labute approximate surface area is 117 Å². The lowest BCUT2D eigenvalue weighted by Crippen LogP contribution is -2.36. The maximum Gasteiger partial charge on any atom is 0.214 e. The van der Waals surface area contributed by atoms with Crippen molar-refractivity contribution >= 4 is 44.0 Å². The number of halogens is 1. The maximum absolute atomic E-state index is 4.53. The van der Waals surface area contributed by atoms with E-state index in [0.717, 1.165) is 26.9 Å². The number of likely N-dealkylation sites (tertiary alicyclic amines) is 1. The Morgan fingerprint density at radius 1 is 1.47 bits per heavy atom. The van der Waals surface area contributed by atoms with Crippen LogP contribution in [-0.4, -0.2) is 45.7 Å². The molecule has 0 unspecified atom stereocenters. The van der Waals surface area contributed by atoms with Crippen LogP contribution in [0, 0.1) is 3.70 Å². The highest BCUT2D eigenvalue weighted by Gasteiger charge is 2.18. The molecule has 0 saturated carbocycles. The van der Waals surface area contributed by atoms with Crippen LogP contribution in [0.5, 0.6) is 0 Å². The molecule has 0 spiro atoms. The second kappa shape index (κ2) is 4.69. The van der Waals surface area contributed by atoms with Crippen LogP contribution in [0.2, 0.25) is 0 Å². The Kier molecular flexibility index (Phi) is 3.22. The van der Waals surface area contributed by atoms with Gasteiger partial charge in [-0.05, 0) is 55.6 Å². The minimum absolute atomic E-state index is 0.555. The molecule has 17 heavy (non-hydrogen) atoms. The van der Waals surface area contributed by atoms with Crippen LogP contribution >= 0.6 is 33.9 Å². The number of hydrogen-bond donors (Lipinski definition) is 1. The van der Waals surface area contributed by atoms with Crippen LogP contribution in [0.15, 0.2) is 6.20 Å². The molecule has 0 amide bonds. The van der Waals surface area contributed by atoms with E-state index in [1.807, 2.05) is 10.7 Å². The van der Waals surface area contributed by atoms with Crippen molar-refractivity contribution in [2.45, 2.75) is 18.9 Å². The molecule has 0 aliphatic carbocycles. The molecule has 2 aromatic rings. The van der Waals surface area contributed by atoms with E-state index in [0.29, 0.717) is 6.04 Å². The van der Waals surface area contributed by atoms with Gasteiger partial charge in [-0.1, -0.05) is 11.3 Å². The van der Waals surface area contributed by atoms with Crippen molar-refractivity contribution in [3.05, 3.63) is 9.90 Å². The van der Waals surface area contributed by atoms with E-state index in [9.17, 15) is 0 Å². The van der Waals surface area contributed by atoms with Crippen LogP contribution in [0.25, 0.3) is 4.96 Å². The molecule has 5 nitrogen and oxygen atoms in total. The Morgan fingerprint density at radius 3 is 2.94 bits per heavy atom. The van der Waals surface area contributed by atoms with Crippen molar-refractivity contribution in [2.75, 3.05) is 25.5 Å². The summed E-state index contributed by atoms with van der Waals surface area (Å²) < 4.78 is 2.95. The van der Waals surface area contributed by atoms with Crippen LogP contribution < -0.4 is 5.32 Å². The zero-order valence-electron chi connectivity index (χ0n) is 9.56. The number of hydrogen-bond acceptors (Lipinski definition) is 5. The van der Waals surface area contributed by atoms with E-state index in [-0.39, 0.29) is 0 Å². The zero-order chi connectivity index (χ0) is 11.8. The van der Waals surface area contributed by atoms with E-state index in [2.05, 4.69) is 49.9 Å². The molecule has 92 valence electrons. The van der Waals surface area contributed by atoms with E-state index >= 15 is 0 Å². The number of piperidine rings is 1. The molecular weight excluding hydrogens is 349 g/mol. The minimum Gasteiger partial charge on any atom is -0.357 e. The van der Waals surface area contributed by atoms with Crippen molar-refractivity contribution < 1.29 is 0 Å². The Bertz CT molecular complexity index is 514. The molecule has 2 aromatic heterocycles. The lowest BCUT2D eigenvalue weighted by Gasteiger charge is -2.29. The summed E-state index contributed by atoms with van der Waals surface area (Å²) in [7, 11) is 2.18. The van der Waals surface area contributed by atoms with Gasteiger partial charge in [0.15, 0.2) is 0 Å². The number of aromatic nitrogens is 3. The van der Waals surface area contributed by atoms with Gasteiger partial charge in [0.1, 0.15) is 3.70 Å². The van der Waals surface area contributed by atoms with Crippen LogP contribution in [0.1, 0.15) is 12.8 Å². The molecule has 1 saturated heterocycles. The molecular formula is C10H14IN5S. The summed E-state index contributed by atoms with van der Waals surface area (Å²) >= 11 is 3.87. The van der Waals surface area contributed by atoms with Gasteiger partial charge in [-0.25, -0.2) is 4.98 Å². The average molecular weight is 363 g/mol. The van der Waals surface area contributed by atoms with Crippen LogP contribution in [0.3, 0.4) is 0 Å². The largest absolute Gasteiger partial charge is 0.357 e. The van der Waals surface area contributed by atoms with Gasteiger partial charge in [-0.15, -0.1) is 5.10 Å². The normalized spacial score (nSPS) is 18.9. The van der Waals surface area contributed by atoms with Crippen molar-refractivity contribution in [1.29, 1.82) is 0 Å². The molecule has 1 fully saturated rings. The lowest BCUT2D eigenvalue weighted by molar-refractivity contribution is 0.264. The van der Waals surface area contributed by atoms with E-state index in [1.165, 1.54) is 12.8 Å². The first-order valence-electron chi connectivity index (χ1n) is 5.67. The smallest absolute Gasteiger partial charge is 0.214 e. The van der Waals surface area contributed by atoms with E-state index < -0.39 is 0 Å². The van der Waals surface area contributed by atoms with Crippen molar-refractivity contribution in [3.63, 3.8) is 0 Å². The highest BCUT2D eigenvalue weighted by atomic mass is 127. The maximum atomic E-state index is 4.53. The van der Waals surface area contributed by atoms with Gasteiger partial charge < -0.3 is 10.2 Å². The summed E-state index contributed by atoms with van der Waals surface area (Å²) in [4.78, 5) is 7.64. The first-order chi connectivity index (χ1) is 8.22. The molecule has 0 bridgehead atoms. The first-order valence-corrected chi connectivity index (χ1v) is 7.57. The molecule has 0 radical (unpaired) electrons. The highest BCUT2D eigenvalue weighted by Crippen LogP contribution is 2.23. The number of imidazole rings is 1. The topological polar surface area (TPSA) is 45.5 Å². The van der Waals surface area contributed by atoms with Gasteiger partial charge in [0, 0.05) is 6.04 Å². The summed E-state index contributed by atoms with van der Waals surface area (Å²) in [5, 5.41) is 9.03. The third kappa shape index (κ3) is 2.41. The quantitative estimate of drug-likeness (QED) is 0.828. The van der Waals surface area contributed by atoms with Gasteiger partial charge in [0.05, 0.1) is 6.20 Å². The second-order valence-electron chi connectivity index (χ2n) is 4.40. The van der Waals surface area contributed by atoms with Crippen LogP contribution in [-0.2, 0) is 0 Å². The molecule has 1 aliphatic rings. The molecule has 7 heteroatoms. The summed E-state index contributed by atoms with van der Waals surface area (Å²) in [6, 6.07) is 0.555. The van der Waals surface area contributed by atoms with Gasteiger partial charge in [-0.2, -0.15) is 4.52 Å². The zero-order valence-corrected chi connectivity index (χ0v) is 12.5. The number of nitrogens with zero attached hydrogens (tertiary/aromatic N) is 4. The van der Waals surface area contributed by atoms with Gasteiger partial charge in [0.25, 0.3) is 0 Å². The average Bonchev–Trinajstić information content (AvgIpc) is 2.85. The predicted octanol–water partition coefficient (Wildman–Crippen LogP) is 1.90. The van der Waals surface area contributed by atoms with Crippen LogP contribution in [0.4, 0.5) is 5.13 Å². The number of nitrogens with one attached hydrogen (secondary N) is 1. The second-order valence-corrected chi connectivity index (χ2v) is 6.47. The number of rotatable bonds is 2. The van der Waals surface area contributed by atoms with Crippen molar-refractivity contribution in [3.8, 4) is 0 Å². The highest BCUT2D eigenvalue weighted by molar-refractivity contribution is 14.1. The third-order valence-electron chi connectivity index (χ3n) is 3.09. The fourth-order valence-corrected chi connectivity index (χ4v) is 3.54. The fraction of sp³-hybridized carbons (Fsp3) is 0.600. The minimum atomic E-state index is 0.555. The third-order valence-corrected chi connectivity index (χ3v) is 4.68. The van der Waals surface area contributed by atoms with Crippen molar-refractivity contribution in [1.82, 2.24) is 19.5 Å². The SMILES string of the molecule is CN1CCC(Nc2nn3c(I)cnc3s2)CC1. The summed E-state index contributed by atoms with van der Waals surface area (Å²) in [5.41, 5.74) is 0. The Balaban J connectivity index is 1.72. The monoisotopic (exact) mass is 363 g/mol. The number of fused-ring (bicyclic) bond motifs is 1. The molecule has 0 atom stereocenters. The molecule has 3 heterocycles. The molecule has 1 N–H and O–H groups in total. The predicted molar refractivity (Wildman–Crippen MR) is 77.7 cm³/mol. The van der Waals surface area contributed by atoms with E-state index in [1.54, 1.807) is 11.3 Å². The lowest BCUT2D eigenvalue weighted by atomic mass is 10.1. The van der Waals surface area contributed by atoms with Gasteiger partial charge >= 0.3 is 0 Å². The Hall–Kier alpha value is -0.410. The molecule has 3 rings (SSSR count). The van der Waals surface area contributed by atoms with Gasteiger partial charge in [0.2, 0.25) is 10.1 Å².